The zero-order valence-electron chi connectivity index (χ0n) is 16.8. The van der Waals surface area contributed by atoms with E-state index < -0.39 is 12.6 Å². The second-order valence-electron chi connectivity index (χ2n) is 6.10. The van der Waals surface area contributed by atoms with Gasteiger partial charge in [-0.3, -0.25) is 9.36 Å². The Bertz CT molecular complexity index is 1100. The molecule has 1 N–H and O–H groups in total. The minimum absolute atomic E-state index is 0.0228. The molecule has 0 aliphatic carbocycles. The van der Waals surface area contributed by atoms with Crippen LogP contribution in [0.25, 0.3) is 11.4 Å². The fourth-order valence-corrected chi connectivity index (χ4v) is 4.20. The Morgan fingerprint density at radius 3 is 2.69 bits per heavy atom. The normalized spacial score (nSPS) is 10.8. The van der Waals surface area contributed by atoms with Crippen molar-refractivity contribution in [1.82, 2.24) is 14.8 Å². The molecule has 32 heavy (non-hydrogen) atoms. The van der Waals surface area contributed by atoms with E-state index in [0.717, 1.165) is 11.8 Å². The van der Waals surface area contributed by atoms with Gasteiger partial charge in [-0.25, -0.2) is 4.79 Å². The highest BCUT2D eigenvalue weighted by molar-refractivity contribution is 7.99. The van der Waals surface area contributed by atoms with Gasteiger partial charge in [-0.1, -0.05) is 17.8 Å². The largest absolute Gasteiger partial charge is 0.465 e. The summed E-state index contributed by atoms with van der Waals surface area (Å²) in [4.78, 5) is 24.1. The van der Waals surface area contributed by atoms with Gasteiger partial charge in [0.05, 0.1) is 18.4 Å². The molecule has 1 amide bonds. The maximum absolute atomic E-state index is 12.4. The second-order valence-corrected chi connectivity index (χ2v) is 7.96. The van der Waals surface area contributed by atoms with Crippen molar-refractivity contribution in [2.75, 3.05) is 18.2 Å². The smallest absolute Gasteiger partial charge is 0.387 e. The van der Waals surface area contributed by atoms with Crippen LogP contribution in [-0.4, -0.2) is 46.1 Å². The summed E-state index contributed by atoms with van der Waals surface area (Å²) in [6, 6.07) is 7.58. The Labute approximate surface area is 190 Å². The van der Waals surface area contributed by atoms with Crippen LogP contribution in [0.5, 0.6) is 5.75 Å². The Hall–Kier alpha value is -3.25. The fraction of sp³-hybridized carbons (Fsp3) is 0.200. The van der Waals surface area contributed by atoms with Crippen LogP contribution in [0.3, 0.4) is 0 Å². The molecule has 0 unspecified atom stereocenters. The van der Waals surface area contributed by atoms with E-state index in [4.69, 9.17) is 4.74 Å². The van der Waals surface area contributed by atoms with E-state index in [2.05, 4.69) is 26.8 Å². The lowest BCUT2D eigenvalue weighted by Gasteiger charge is -2.09. The number of thiophene rings is 1. The number of amides is 1. The number of nitrogens with one attached hydrogen (secondary N) is 1. The number of carbonyl (C=O) groups is 2. The van der Waals surface area contributed by atoms with Crippen molar-refractivity contribution in [1.29, 1.82) is 0 Å². The zero-order chi connectivity index (χ0) is 23.1. The van der Waals surface area contributed by atoms with Crippen molar-refractivity contribution in [3.8, 4) is 17.1 Å². The van der Waals surface area contributed by atoms with Gasteiger partial charge >= 0.3 is 12.6 Å². The van der Waals surface area contributed by atoms with Gasteiger partial charge < -0.3 is 14.8 Å². The number of halogens is 2. The van der Waals surface area contributed by atoms with E-state index in [0.29, 0.717) is 28.1 Å². The summed E-state index contributed by atoms with van der Waals surface area (Å²) >= 11 is 2.37. The number of aromatic nitrogens is 3. The van der Waals surface area contributed by atoms with Crippen LogP contribution in [0, 0.1) is 0 Å². The van der Waals surface area contributed by atoms with Gasteiger partial charge in [0.15, 0.2) is 11.0 Å². The lowest BCUT2D eigenvalue weighted by atomic mass is 10.2. The maximum Gasteiger partial charge on any atom is 0.387 e. The number of methoxy groups -OCH3 is 1. The number of nitrogens with zero attached hydrogens (tertiary/aromatic N) is 3. The topological polar surface area (TPSA) is 95.3 Å². The Morgan fingerprint density at radius 2 is 2.03 bits per heavy atom. The summed E-state index contributed by atoms with van der Waals surface area (Å²) in [5.74, 6) is -0.317. The first kappa shape index (κ1) is 23.4. The van der Waals surface area contributed by atoms with Crippen LogP contribution in [0.4, 0.5) is 13.8 Å². The summed E-state index contributed by atoms with van der Waals surface area (Å²) in [6.07, 6.45) is 1.65. The highest BCUT2D eigenvalue weighted by atomic mass is 32.2. The summed E-state index contributed by atoms with van der Waals surface area (Å²) < 4.78 is 35.5. The number of hydrogen-bond donors (Lipinski definition) is 1. The highest BCUT2D eigenvalue weighted by Crippen LogP contribution is 2.27. The van der Waals surface area contributed by atoms with Crippen LogP contribution in [-0.2, 0) is 16.1 Å². The molecule has 168 valence electrons. The number of hydrogen-bond acceptors (Lipinski definition) is 8. The predicted molar refractivity (Wildman–Crippen MR) is 117 cm³/mol. The quantitative estimate of drug-likeness (QED) is 0.262. The number of esters is 1. The zero-order valence-corrected chi connectivity index (χ0v) is 18.4. The molecular formula is C20H18F2N4O4S2. The number of alkyl halides is 2. The summed E-state index contributed by atoms with van der Waals surface area (Å²) in [7, 11) is 1.27. The second kappa shape index (κ2) is 10.9. The molecule has 0 spiro atoms. The lowest BCUT2D eigenvalue weighted by Crippen LogP contribution is -2.16. The fourth-order valence-electron chi connectivity index (χ4n) is 2.66. The standard InChI is InChI=1S/C20H18F2N4O4S2/c1-3-9-26-16(12-4-6-13(7-5-12)30-19(21)22)24-25-20(26)32-11-15(27)23-17-14(8-10-31-17)18(28)29-2/h3-8,10,19H,1,9,11H2,2H3,(H,23,27). The molecule has 0 fully saturated rings. The van der Waals surface area contributed by atoms with Gasteiger partial charge in [0.2, 0.25) is 5.91 Å². The van der Waals surface area contributed by atoms with Crippen molar-refractivity contribution in [2.45, 2.75) is 18.3 Å². The van der Waals surface area contributed by atoms with Crippen molar-refractivity contribution < 1.29 is 27.8 Å². The average molecular weight is 481 g/mol. The van der Waals surface area contributed by atoms with Crippen molar-refractivity contribution in [3.05, 3.63) is 53.9 Å². The molecule has 2 aromatic heterocycles. The first-order valence-electron chi connectivity index (χ1n) is 9.10. The third-order valence-corrected chi connectivity index (χ3v) is 5.82. The van der Waals surface area contributed by atoms with Crippen LogP contribution in [0.15, 0.2) is 53.5 Å². The Kier molecular flexibility index (Phi) is 7.95. The molecule has 0 atom stereocenters. The number of carbonyl (C=O) groups excluding carboxylic acids is 2. The minimum Gasteiger partial charge on any atom is -0.465 e. The van der Waals surface area contributed by atoms with Gasteiger partial charge in [0.25, 0.3) is 0 Å². The SMILES string of the molecule is C=CCn1c(SCC(=O)Nc2sccc2C(=O)OC)nnc1-c1ccc(OC(F)F)cc1. The summed E-state index contributed by atoms with van der Waals surface area (Å²) in [5, 5.41) is 13.5. The van der Waals surface area contributed by atoms with Gasteiger partial charge in [-0.05, 0) is 35.7 Å². The molecule has 3 rings (SSSR count). The molecule has 3 aromatic rings. The van der Waals surface area contributed by atoms with Gasteiger partial charge in [0.1, 0.15) is 10.8 Å². The Balaban J connectivity index is 1.70. The Morgan fingerprint density at radius 1 is 1.28 bits per heavy atom. The van der Waals surface area contributed by atoms with Crippen LogP contribution in [0.2, 0.25) is 0 Å². The van der Waals surface area contributed by atoms with Gasteiger partial charge in [0, 0.05) is 12.1 Å². The van der Waals surface area contributed by atoms with E-state index in [9.17, 15) is 18.4 Å². The van der Waals surface area contributed by atoms with Crippen molar-refractivity contribution >= 4 is 40.0 Å². The molecule has 0 radical (unpaired) electrons. The molecule has 12 heteroatoms. The third kappa shape index (κ3) is 5.71. The van der Waals surface area contributed by atoms with E-state index in [-0.39, 0.29) is 23.0 Å². The van der Waals surface area contributed by atoms with E-state index >= 15 is 0 Å². The number of ether oxygens (including phenoxy) is 2. The number of anilines is 1. The number of thioether (sulfide) groups is 1. The third-order valence-electron chi connectivity index (χ3n) is 4.02. The summed E-state index contributed by atoms with van der Waals surface area (Å²) in [5.41, 5.74) is 0.922. The lowest BCUT2D eigenvalue weighted by molar-refractivity contribution is -0.113. The van der Waals surface area contributed by atoms with Crippen LogP contribution >= 0.6 is 23.1 Å². The first-order valence-corrected chi connectivity index (χ1v) is 11.0. The number of allylic oxidation sites excluding steroid dienone is 1. The molecule has 0 bridgehead atoms. The van der Waals surface area contributed by atoms with Gasteiger partial charge in [-0.15, -0.1) is 28.1 Å². The molecule has 1 aromatic carbocycles. The maximum atomic E-state index is 12.4. The van der Waals surface area contributed by atoms with Crippen LogP contribution in [0.1, 0.15) is 10.4 Å². The van der Waals surface area contributed by atoms with E-state index in [1.165, 1.54) is 30.6 Å². The molecule has 0 aliphatic rings. The van der Waals surface area contributed by atoms with Crippen molar-refractivity contribution in [2.24, 2.45) is 0 Å². The molecule has 8 nitrogen and oxygen atoms in total. The van der Waals surface area contributed by atoms with Crippen LogP contribution < -0.4 is 10.1 Å². The minimum atomic E-state index is -2.91. The van der Waals surface area contributed by atoms with E-state index in [1.54, 1.807) is 34.2 Å². The molecule has 0 saturated heterocycles. The van der Waals surface area contributed by atoms with Gasteiger partial charge in [-0.2, -0.15) is 8.78 Å². The first-order chi connectivity index (χ1) is 15.4. The predicted octanol–water partition coefficient (Wildman–Crippen LogP) is 4.31. The number of rotatable bonds is 10. The average Bonchev–Trinajstić information content (AvgIpc) is 3.39. The highest BCUT2D eigenvalue weighted by Gasteiger charge is 2.18. The van der Waals surface area contributed by atoms with E-state index in [1.807, 2.05) is 0 Å². The molecular weight excluding hydrogens is 462 g/mol. The summed E-state index contributed by atoms with van der Waals surface area (Å²) in [6.45, 7) is 1.20. The van der Waals surface area contributed by atoms with Crippen molar-refractivity contribution in [3.63, 3.8) is 0 Å². The monoisotopic (exact) mass is 480 g/mol. The molecule has 0 aliphatic heterocycles. The molecule has 0 saturated carbocycles. The molecule has 2 heterocycles. The number of benzene rings is 1.